The van der Waals surface area contributed by atoms with E-state index in [0.717, 1.165) is 10.0 Å². The molecular formula is C26H24Br2N2O6S. The summed E-state index contributed by atoms with van der Waals surface area (Å²) in [5.41, 5.74) is 1.92. The predicted octanol–water partition coefficient (Wildman–Crippen LogP) is 4.35. The van der Waals surface area contributed by atoms with Crippen molar-refractivity contribution in [2.75, 3.05) is 27.9 Å². The molecule has 0 spiro atoms. The highest BCUT2D eigenvalue weighted by molar-refractivity contribution is 9.10. The summed E-state index contributed by atoms with van der Waals surface area (Å²) in [6.07, 6.45) is 1.79. The number of hydrogen-bond acceptors (Lipinski definition) is 8. The van der Waals surface area contributed by atoms with E-state index in [1.807, 2.05) is 18.2 Å². The standard InChI is InChI=1S/C26H24Br2N2O6S/c1-6-36-25(32)22-13(2)29-26-30(23(22)15-11-19(34-4)20(35-5)12-16(15)27)24(31)21(37-26)10-14-7-8-18(33-3)17(28)9-14/h7-12,23H,6H2,1-5H3/b21-10-. The zero-order chi connectivity index (χ0) is 26.9. The molecule has 2 heterocycles. The average molecular weight is 652 g/mol. The molecule has 37 heavy (non-hydrogen) atoms. The van der Waals surface area contributed by atoms with Gasteiger partial charge in [-0.3, -0.25) is 9.36 Å². The van der Waals surface area contributed by atoms with Crippen molar-refractivity contribution in [3.63, 3.8) is 0 Å². The number of esters is 1. The lowest BCUT2D eigenvalue weighted by molar-refractivity contribution is -0.139. The van der Waals surface area contributed by atoms with Crippen molar-refractivity contribution in [2.24, 2.45) is 4.99 Å². The van der Waals surface area contributed by atoms with Crippen LogP contribution in [0.4, 0.5) is 0 Å². The number of nitrogens with zero attached hydrogens (tertiary/aromatic N) is 2. The highest BCUT2D eigenvalue weighted by atomic mass is 79.9. The van der Waals surface area contributed by atoms with Crippen LogP contribution >= 0.6 is 43.2 Å². The first kappa shape index (κ1) is 27.2. The third-order valence-electron chi connectivity index (χ3n) is 5.79. The number of rotatable bonds is 7. The number of carbonyl (C=O) groups excluding carboxylic acids is 1. The third kappa shape index (κ3) is 5.12. The number of aromatic nitrogens is 1. The van der Waals surface area contributed by atoms with Crippen molar-refractivity contribution in [1.82, 2.24) is 4.57 Å². The molecule has 1 atom stereocenters. The number of methoxy groups -OCH3 is 3. The van der Waals surface area contributed by atoms with Gasteiger partial charge in [0.2, 0.25) is 0 Å². The number of allylic oxidation sites excluding steroid dienone is 1. The molecular weight excluding hydrogens is 628 g/mol. The van der Waals surface area contributed by atoms with Gasteiger partial charge in [0.05, 0.1) is 54.3 Å². The minimum atomic E-state index is -0.797. The van der Waals surface area contributed by atoms with E-state index in [2.05, 4.69) is 36.9 Å². The Balaban J connectivity index is 1.99. The lowest BCUT2D eigenvalue weighted by Crippen LogP contribution is -2.40. The van der Waals surface area contributed by atoms with E-state index < -0.39 is 12.0 Å². The van der Waals surface area contributed by atoms with E-state index in [1.54, 1.807) is 46.3 Å². The van der Waals surface area contributed by atoms with Gasteiger partial charge in [0, 0.05) is 4.47 Å². The van der Waals surface area contributed by atoms with E-state index in [-0.39, 0.29) is 17.7 Å². The van der Waals surface area contributed by atoms with Gasteiger partial charge in [-0.15, -0.1) is 0 Å². The summed E-state index contributed by atoms with van der Waals surface area (Å²) < 4.78 is 25.0. The van der Waals surface area contributed by atoms with Gasteiger partial charge in [0.15, 0.2) is 16.3 Å². The second kappa shape index (κ2) is 11.2. The molecule has 0 radical (unpaired) electrons. The van der Waals surface area contributed by atoms with Gasteiger partial charge in [-0.05, 0) is 71.2 Å². The summed E-state index contributed by atoms with van der Waals surface area (Å²) in [7, 11) is 4.66. The maximum absolute atomic E-state index is 13.8. The fourth-order valence-corrected chi connectivity index (χ4v) is 6.23. The van der Waals surface area contributed by atoms with Crippen LogP contribution in [0, 0.1) is 0 Å². The molecule has 0 amide bonds. The highest BCUT2D eigenvalue weighted by Crippen LogP contribution is 2.40. The van der Waals surface area contributed by atoms with Crippen molar-refractivity contribution < 1.29 is 23.7 Å². The number of halogens is 2. The summed E-state index contributed by atoms with van der Waals surface area (Å²) >= 11 is 8.34. The summed E-state index contributed by atoms with van der Waals surface area (Å²) in [6.45, 7) is 3.66. The SMILES string of the molecule is CCOC(=O)C1=C(C)N=c2s/c(=C\c3ccc(OC)c(Br)c3)c(=O)n2C1c1cc(OC)c(OC)cc1Br. The fraction of sp³-hybridized carbons (Fsp3) is 0.269. The first-order valence-corrected chi connectivity index (χ1v) is 13.6. The maximum Gasteiger partial charge on any atom is 0.338 e. The number of benzene rings is 2. The maximum atomic E-state index is 13.8. The summed E-state index contributed by atoms with van der Waals surface area (Å²) in [4.78, 5) is 32.1. The molecule has 0 bridgehead atoms. The second-order valence-electron chi connectivity index (χ2n) is 7.92. The van der Waals surface area contributed by atoms with Crippen molar-refractivity contribution in [3.05, 3.63) is 81.4 Å². The summed E-state index contributed by atoms with van der Waals surface area (Å²) in [6, 6.07) is 8.25. The number of hydrogen-bond donors (Lipinski definition) is 0. The molecule has 0 N–H and O–H groups in total. The number of carbonyl (C=O) groups is 1. The monoisotopic (exact) mass is 650 g/mol. The Bertz CT molecular complexity index is 1590. The minimum absolute atomic E-state index is 0.187. The lowest BCUT2D eigenvalue weighted by Gasteiger charge is -2.26. The molecule has 1 unspecified atom stereocenters. The quantitative estimate of drug-likeness (QED) is 0.353. The van der Waals surface area contributed by atoms with Crippen LogP contribution in [0.25, 0.3) is 6.08 Å². The molecule has 1 aliphatic rings. The average Bonchev–Trinajstić information content (AvgIpc) is 3.17. The topological polar surface area (TPSA) is 88.4 Å². The Hall–Kier alpha value is -2.89. The molecule has 11 heteroatoms. The number of fused-ring (bicyclic) bond motifs is 1. The molecule has 0 aliphatic carbocycles. The smallest absolute Gasteiger partial charge is 0.338 e. The Morgan fingerprint density at radius 2 is 1.73 bits per heavy atom. The van der Waals surface area contributed by atoms with Crippen LogP contribution in [0.2, 0.25) is 0 Å². The Morgan fingerprint density at radius 1 is 1.05 bits per heavy atom. The summed E-state index contributed by atoms with van der Waals surface area (Å²) in [5, 5.41) is 0. The lowest BCUT2D eigenvalue weighted by atomic mass is 9.95. The van der Waals surface area contributed by atoms with Crippen LogP contribution in [-0.2, 0) is 9.53 Å². The van der Waals surface area contributed by atoms with E-state index >= 15 is 0 Å². The molecule has 4 rings (SSSR count). The van der Waals surface area contributed by atoms with Gasteiger partial charge in [0.25, 0.3) is 5.56 Å². The zero-order valence-electron chi connectivity index (χ0n) is 20.8. The van der Waals surface area contributed by atoms with Gasteiger partial charge < -0.3 is 18.9 Å². The molecule has 1 aliphatic heterocycles. The Kier molecular flexibility index (Phi) is 8.25. The number of ether oxygens (including phenoxy) is 4. The van der Waals surface area contributed by atoms with Gasteiger partial charge >= 0.3 is 5.97 Å². The first-order chi connectivity index (χ1) is 17.7. The van der Waals surface area contributed by atoms with Crippen LogP contribution in [0.3, 0.4) is 0 Å². The zero-order valence-corrected chi connectivity index (χ0v) is 24.7. The fourth-order valence-electron chi connectivity index (χ4n) is 4.09. The second-order valence-corrected chi connectivity index (χ2v) is 10.6. The summed E-state index contributed by atoms with van der Waals surface area (Å²) in [5.74, 6) is 1.12. The van der Waals surface area contributed by atoms with E-state index in [1.165, 1.54) is 23.0 Å². The van der Waals surface area contributed by atoms with Crippen molar-refractivity contribution >= 4 is 55.2 Å². The van der Waals surface area contributed by atoms with Crippen LogP contribution in [0.15, 0.2) is 60.3 Å². The largest absolute Gasteiger partial charge is 0.496 e. The van der Waals surface area contributed by atoms with Gasteiger partial charge in [-0.1, -0.05) is 33.3 Å². The molecule has 8 nitrogen and oxygen atoms in total. The minimum Gasteiger partial charge on any atom is -0.496 e. The first-order valence-electron chi connectivity index (χ1n) is 11.2. The van der Waals surface area contributed by atoms with Crippen molar-refractivity contribution in [3.8, 4) is 17.2 Å². The Morgan fingerprint density at radius 3 is 2.35 bits per heavy atom. The van der Waals surface area contributed by atoms with Gasteiger partial charge in [-0.2, -0.15) is 0 Å². The Labute approximate surface area is 234 Å². The molecule has 194 valence electrons. The van der Waals surface area contributed by atoms with E-state index in [9.17, 15) is 9.59 Å². The van der Waals surface area contributed by atoms with E-state index in [4.69, 9.17) is 18.9 Å². The van der Waals surface area contributed by atoms with E-state index in [0.29, 0.717) is 42.3 Å². The van der Waals surface area contributed by atoms with Gasteiger partial charge in [0.1, 0.15) is 5.75 Å². The molecule has 0 fully saturated rings. The van der Waals surface area contributed by atoms with Gasteiger partial charge in [-0.25, -0.2) is 9.79 Å². The van der Waals surface area contributed by atoms with Crippen LogP contribution in [0.1, 0.15) is 31.0 Å². The normalized spacial score (nSPS) is 15.2. The van der Waals surface area contributed by atoms with Crippen LogP contribution in [0.5, 0.6) is 17.2 Å². The molecule has 2 aromatic carbocycles. The molecule has 0 saturated heterocycles. The molecule has 1 aromatic heterocycles. The predicted molar refractivity (Wildman–Crippen MR) is 148 cm³/mol. The number of thiazole rings is 1. The van der Waals surface area contributed by atoms with Crippen LogP contribution < -0.4 is 29.1 Å². The highest BCUT2D eigenvalue weighted by Gasteiger charge is 2.35. The van der Waals surface area contributed by atoms with Crippen molar-refractivity contribution in [2.45, 2.75) is 19.9 Å². The van der Waals surface area contributed by atoms with Crippen molar-refractivity contribution in [1.29, 1.82) is 0 Å². The molecule has 0 saturated carbocycles. The third-order valence-corrected chi connectivity index (χ3v) is 8.08. The molecule has 3 aromatic rings. The van der Waals surface area contributed by atoms with Crippen LogP contribution in [-0.4, -0.2) is 38.5 Å².